The molecule has 0 aliphatic rings. The molecule has 1 unspecified atom stereocenters. The lowest BCUT2D eigenvalue weighted by molar-refractivity contribution is -0.265. The number of methoxy groups -OCH3 is 1. The third kappa shape index (κ3) is 9.35. The number of nitrogens with zero attached hydrogens (tertiary/aromatic N) is 4. The number of ether oxygens (including phenoxy) is 3. The van der Waals surface area contributed by atoms with Crippen molar-refractivity contribution in [2.24, 2.45) is 0 Å². The highest BCUT2D eigenvalue weighted by molar-refractivity contribution is 6.31. The number of carbonyl (C=O) groups is 2. The van der Waals surface area contributed by atoms with Gasteiger partial charge in [-0.1, -0.05) is 11.6 Å². The Bertz CT molecular complexity index is 2000. The summed E-state index contributed by atoms with van der Waals surface area (Å²) in [4.78, 5) is 41.5. The number of hydrogen-bond acceptors (Lipinski definition) is 10. The predicted molar refractivity (Wildman–Crippen MR) is 178 cm³/mol. The summed E-state index contributed by atoms with van der Waals surface area (Å²) in [6.07, 6.45) is -6.29. The van der Waals surface area contributed by atoms with Crippen LogP contribution in [-0.4, -0.2) is 74.3 Å². The first-order valence-corrected chi connectivity index (χ1v) is 15.9. The van der Waals surface area contributed by atoms with Crippen LogP contribution in [0.15, 0.2) is 53.3 Å². The number of tetrazole rings is 1. The number of benzene rings is 2. The number of amides is 2. The molecular weight excluding hydrogens is 718 g/mol. The molecule has 2 amide bonds. The molecule has 1 atom stereocenters. The average Bonchev–Trinajstić information content (AvgIpc) is 3.46. The number of alkyl carbamates (subject to hydrolysis) is 1. The molecule has 4 aromatic rings. The van der Waals surface area contributed by atoms with Crippen LogP contribution in [0.2, 0.25) is 5.02 Å². The predicted octanol–water partition coefficient (Wildman–Crippen LogP) is 4.85. The third-order valence-electron chi connectivity index (χ3n) is 7.49. The minimum absolute atomic E-state index is 0.0240. The van der Waals surface area contributed by atoms with Gasteiger partial charge in [0.1, 0.15) is 18.0 Å². The summed E-state index contributed by atoms with van der Waals surface area (Å²) in [5, 5.41) is 24.8. The molecule has 14 nitrogen and oxygen atoms in total. The Morgan fingerprint density at radius 1 is 1.02 bits per heavy atom. The number of rotatable bonds is 12. The molecule has 4 rings (SSSR count). The number of carbonyl (C=O) groups excluding carboxylic acids is 2. The smallest absolute Gasteiger partial charge is 0.424 e. The number of alkyl halides is 3. The summed E-state index contributed by atoms with van der Waals surface area (Å²) in [5.41, 5.74) is -7.76. The summed E-state index contributed by atoms with van der Waals surface area (Å²) in [6, 6.07) is 9.45. The molecule has 0 aliphatic carbocycles. The largest absolute Gasteiger partial charge is 0.493 e. The lowest BCUT2D eigenvalue weighted by Gasteiger charge is -2.33. The van der Waals surface area contributed by atoms with Crippen LogP contribution in [0.1, 0.15) is 56.2 Å². The van der Waals surface area contributed by atoms with Crippen LogP contribution in [-0.2, 0) is 22.4 Å². The molecule has 0 saturated heterocycles. The molecule has 0 bridgehead atoms. The number of hydrogen-bond donors (Lipinski definition) is 4. The molecular formula is C33H36ClF4N7O7. The maximum Gasteiger partial charge on any atom is 0.424 e. The highest BCUT2D eigenvalue weighted by Crippen LogP contribution is 2.40. The van der Waals surface area contributed by atoms with Gasteiger partial charge in [-0.05, 0) is 99.1 Å². The summed E-state index contributed by atoms with van der Waals surface area (Å²) in [5.74, 6) is -1.61. The quantitative estimate of drug-likeness (QED) is 0.146. The van der Waals surface area contributed by atoms with Crippen LogP contribution in [0.5, 0.6) is 11.5 Å². The zero-order valence-electron chi connectivity index (χ0n) is 28.8. The van der Waals surface area contributed by atoms with Crippen LogP contribution in [0.3, 0.4) is 0 Å². The molecule has 52 heavy (non-hydrogen) atoms. The van der Waals surface area contributed by atoms with Crippen molar-refractivity contribution < 1.29 is 46.5 Å². The Labute approximate surface area is 299 Å². The van der Waals surface area contributed by atoms with Crippen LogP contribution >= 0.6 is 11.6 Å². The van der Waals surface area contributed by atoms with E-state index in [1.807, 2.05) is 0 Å². The van der Waals surface area contributed by atoms with Crippen molar-refractivity contribution in [1.82, 2.24) is 35.8 Å². The molecule has 0 aliphatic heterocycles. The topological polar surface area (TPSA) is 183 Å². The molecule has 0 saturated carbocycles. The highest BCUT2D eigenvalue weighted by atomic mass is 35.5. The molecule has 2 heterocycles. The standard InChI is InChI=1S/C33H36ClF4N7O7/c1-30(2,3)52-29(48)41-31(4,5)20-15-23(18-7-9-22(35)21(34)13-18)40-26(16-20)32(49,33(36,37)38)17-39-27(46)19-8-10-24(25(14-19)50-6)51-12-11-45-28(47)42-43-44-45/h7-10,13-16,49H,11-12,17H2,1-6H3,(H,39,46)(H,41,48)(H,42,44,47). The molecule has 19 heteroatoms. The van der Waals surface area contributed by atoms with Crippen molar-refractivity contribution in [2.45, 2.75) is 64.1 Å². The number of H-pyrrole nitrogens is 1. The van der Waals surface area contributed by atoms with E-state index in [0.29, 0.717) is 0 Å². The second-order valence-corrected chi connectivity index (χ2v) is 13.4. The SMILES string of the molecule is COc1cc(C(=O)NCC(O)(c2cc(C(C)(C)NC(=O)OC(C)(C)C)cc(-c3ccc(F)c(Cl)c3)n2)C(F)(F)F)ccc1OCCn1nn[nH]c1=O. The number of halogens is 5. The van der Waals surface area contributed by atoms with Gasteiger partial charge in [-0.15, -0.1) is 0 Å². The van der Waals surface area contributed by atoms with Crippen molar-refractivity contribution in [1.29, 1.82) is 0 Å². The molecule has 0 radical (unpaired) electrons. The van der Waals surface area contributed by atoms with Gasteiger partial charge in [0.15, 0.2) is 11.5 Å². The lowest BCUT2D eigenvalue weighted by Crippen LogP contribution is -2.52. The molecule has 0 spiro atoms. The lowest BCUT2D eigenvalue weighted by atomic mass is 9.88. The first kappa shape index (κ1) is 39.6. The fourth-order valence-electron chi connectivity index (χ4n) is 4.72. The summed E-state index contributed by atoms with van der Waals surface area (Å²) < 4.78 is 75.8. The van der Waals surface area contributed by atoms with Crippen molar-refractivity contribution in [3.63, 3.8) is 0 Å². The Morgan fingerprint density at radius 3 is 2.33 bits per heavy atom. The van der Waals surface area contributed by atoms with E-state index in [-0.39, 0.29) is 52.1 Å². The van der Waals surface area contributed by atoms with E-state index < -0.39 is 58.7 Å². The molecule has 2 aromatic heterocycles. The molecule has 4 N–H and O–H groups in total. The van der Waals surface area contributed by atoms with Gasteiger partial charge in [-0.25, -0.2) is 24.1 Å². The Hall–Kier alpha value is -5.23. The van der Waals surface area contributed by atoms with E-state index in [2.05, 4.69) is 31.1 Å². The zero-order valence-corrected chi connectivity index (χ0v) is 29.6. The Kier molecular flexibility index (Phi) is 11.5. The van der Waals surface area contributed by atoms with Gasteiger partial charge in [-0.2, -0.15) is 17.9 Å². The normalized spacial score (nSPS) is 13.2. The van der Waals surface area contributed by atoms with Gasteiger partial charge in [0.2, 0.25) is 5.60 Å². The fraction of sp³-hybridized carbons (Fsp3) is 0.394. The monoisotopic (exact) mass is 753 g/mol. The van der Waals surface area contributed by atoms with E-state index in [1.165, 1.54) is 51.3 Å². The maximum absolute atomic E-state index is 14.9. The zero-order chi connectivity index (χ0) is 38.6. The number of aromatic nitrogens is 5. The first-order chi connectivity index (χ1) is 24.1. The van der Waals surface area contributed by atoms with Crippen molar-refractivity contribution in [2.75, 3.05) is 20.3 Å². The van der Waals surface area contributed by atoms with Gasteiger partial charge in [0, 0.05) is 11.1 Å². The molecule has 280 valence electrons. The van der Waals surface area contributed by atoms with E-state index >= 15 is 0 Å². The number of aliphatic hydroxyl groups is 1. The summed E-state index contributed by atoms with van der Waals surface area (Å²) in [7, 11) is 1.28. The average molecular weight is 754 g/mol. The summed E-state index contributed by atoms with van der Waals surface area (Å²) >= 11 is 5.96. The number of aromatic amines is 1. The number of pyridine rings is 1. The van der Waals surface area contributed by atoms with Crippen LogP contribution < -0.4 is 25.8 Å². The fourth-order valence-corrected chi connectivity index (χ4v) is 4.90. The van der Waals surface area contributed by atoms with E-state index in [4.69, 9.17) is 25.8 Å². The van der Waals surface area contributed by atoms with Crippen molar-refractivity contribution in [3.05, 3.63) is 86.7 Å². The van der Waals surface area contributed by atoms with Gasteiger partial charge in [-0.3, -0.25) is 4.79 Å². The maximum atomic E-state index is 14.9. The minimum atomic E-state index is -5.41. The van der Waals surface area contributed by atoms with Crippen molar-refractivity contribution in [3.8, 4) is 22.8 Å². The van der Waals surface area contributed by atoms with Crippen LogP contribution in [0.25, 0.3) is 11.3 Å². The number of nitrogens with one attached hydrogen (secondary N) is 3. The second-order valence-electron chi connectivity index (χ2n) is 13.0. The van der Waals surface area contributed by atoms with Crippen LogP contribution in [0.4, 0.5) is 22.4 Å². The van der Waals surface area contributed by atoms with Gasteiger partial charge in [0.25, 0.3) is 5.91 Å². The first-order valence-electron chi connectivity index (χ1n) is 15.5. The van der Waals surface area contributed by atoms with Gasteiger partial charge >= 0.3 is 18.0 Å². The van der Waals surface area contributed by atoms with Gasteiger partial charge in [0.05, 0.1) is 42.1 Å². The third-order valence-corrected chi connectivity index (χ3v) is 7.78. The summed E-state index contributed by atoms with van der Waals surface area (Å²) in [6.45, 7) is 6.44. The molecule has 0 fully saturated rings. The molecule has 2 aromatic carbocycles. The van der Waals surface area contributed by atoms with Crippen LogP contribution in [0, 0.1) is 5.82 Å². The van der Waals surface area contributed by atoms with E-state index in [9.17, 15) is 37.1 Å². The van der Waals surface area contributed by atoms with Gasteiger partial charge < -0.3 is 30.0 Å². The minimum Gasteiger partial charge on any atom is -0.493 e. The highest BCUT2D eigenvalue weighted by Gasteiger charge is 2.56. The Balaban J connectivity index is 1.67. The Morgan fingerprint density at radius 2 is 1.73 bits per heavy atom. The van der Waals surface area contributed by atoms with E-state index in [1.54, 1.807) is 20.8 Å². The van der Waals surface area contributed by atoms with Crippen molar-refractivity contribution >= 4 is 23.6 Å². The second kappa shape index (κ2) is 15.2. The van der Waals surface area contributed by atoms with E-state index in [0.717, 1.165) is 22.9 Å².